The van der Waals surface area contributed by atoms with Crippen molar-refractivity contribution in [3.05, 3.63) is 66.0 Å². The van der Waals surface area contributed by atoms with E-state index in [1.165, 1.54) is 17.5 Å². The second-order valence-electron chi connectivity index (χ2n) is 5.05. The second-order valence-corrected chi connectivity index (χ2v) is 5.05. The lowest BCUT2D eigenvalue weighted by atomic mass is 9.98. The largest absolute Gasteiger partial charge is 0.306 e. The molecule has 2 nitrogen and oxygen atoms in total. The Morgan fingerprint density at radius 2 is 1.63 bits per heavy atom. The molecule has 0 aliphatic heterocycles. The SMILES string of the molecule is CCC(C)CNC(c1ccccc1)c1ccncc1. The predicted molar refractivity (Wildman–Crippen MR) is 80.0 cm³/mol. The van der Waals surface area contributed by atoms with Gasteiger partial charge in [0.05, 0.1) is 6.04 Å². The first-order chi connectivity index (χ1) is 9.31. The summed E-state index contributed by atoms with van der Waals surface area (Å²) in [6.45, 7) is 5.54. The molecule has 19 heavy (non-hydrogen) atoms. The van der Waals surface area contributed by atoms with Crippen molar-refractivity contribution in [2.45, 2.75) is 26.3 Å². The lowest BCUT2D eigenvalue weighted by Gasteiger charge is -2.21. The molecule has 1 N–H and O–H groups in total. The van der Waals surface area contributed by atoms with Gasteiger partial charge in [-0.15, -0.1) is 0 Å². The minimum atomic E-state index is 0.248. The second kappa shape index (κ2) is 7.05. The van der Waals surface area contributed by atoms with Gasteiger partial charge < -0.3 is 5.32 Å². The van der Waals surface area contributed by atoms with Crippen molar-refractivity contribution in [3.8, 4) is 0 Å². The van der Waals surface area contributed by atoms with Crippen molar-refractivity contribution < 1.29 is 0 Å². The van der Waals surface area contributed by atoms with E-state index in [1.54, 1.807) is 0 Å². The molecular formula is C17H22N2. The molecule has 2 atom stereocenters. The number of aromatic nitrogens is 1. The quantitative estimate of drug-likeness (QED) is 0.848. The minimum absolute atomic E-state index is 0.248. The zero-order valence-corrected chi connectivity index (χ0v) is 11.7. The van der Waals surface area contributed by atoms with E-state index in [0.717, 1.165) is 6.54 Å². The molecule has 2 rings (SSSR count). The molecule has 100 valence electrons. The molecule has 0 radical (unpaired) electrons. The monoisotopic (exact) mass is 254 g/mol. The van der Waals surface area contributed by atoms with Gasteiger partial charge in [0.2, 0.25) is 0 Å². The summed E-state index contributed by atoms with van der Waals surface area (Å²) in [5.41, 5.74) is 2.57. The Kier molecular flexibility index (Phi) is 5.10. The average Bonchev–Trinajstić information content (AvgIpc) is 2.49. The van der Waals surface area contributed by atoms with E-state index in [1.807, 2.05) is 12.4 Å². The third kappa shape index (κ3) is 3.90. The topological polar surface area (TPSA) is 24.9 Å². The van der Waals surface area contributed by atoms with Crippen LogP contribution in [0.1, 0.15) is 37.4 Å². The Balaban J connectivity index is 2.19. The van der Waals surface area contributed by atoms with Crippen molar-refractivity contribution in [2.24, 2.45) is 5.92 Å². The minimum Gasteiger partial charge on any atom is -0.306 e. The summed E-state index contributed by atoms with van der Waals surface area (Å²) in [5.74, 6) is 0.688. The van der Waals surface area contributed by atoms with Gasteiger partial charge in [-0.2, -0.15) is 0 Å². The lowest BCUT2D eigenvalue weighted by molar-refractivity contribution is 0.473. The van der Waals surface area contributed by atoms with E-state index in [0.29, 0.717) is 5.92 Å². The number of rotatable bonds is 6. The predicted octanol–water partition coefficient (Wildman–Crippen LogP) is 3.81. The molecule has 0 amide bonds. The molecule has 0 spiro atoms. The molecule has 1 heterocycles. The van der Waals surface area contributed by atoms with Crippen LogP contribution in [0.5, 0.6) is 0 Å². The summed E-state index contributed by atoms with van der Waals surface area (Å²) in [6, 6.07) is 15.0. The molecule has 2 aromatic rings. The van der Waals surface area contributed by atoms with Gasteiger partial charge in [-0.3, -0.25) is 4.98 Å². The van der Waals surface area contributed by atoms with Crippen LogP contribution in [0, 0.1) is 5.92 Å². The van der Waals surface area contributed by atoms with Gasteiger partial charge in [-0.05, 0) is 35.7 Å². The van der Waals surface area contributed by atoms with Gasteiger partial charge in [0.25, 0.3) is 0 Å². The molecule has 0 fully saturated rings. The summed E-state index contributed by atoms with van der Waals surface area (Å²) in [5, 5.41) is 3.68. The summed E-state index contributed by atoms with van der Waals surface area (Å²) in [7, 11) is 0. The standard InChI is InChI=1S/C17H22N2/c1-3-14(2)13-19-17(15-7-5-4-6-8-15)16-9-11-18-12-10-16/h4-12,14,17,19H,3,13H2,1-2H3. The third-order valence-electron chi connectivity index (χ3n) is 3.54. The fourth-order valence-electron chi connectivity index (χ4n) is 2.09. The van der Waals surface area contributed by atoms with Crippen LogP contribution in [0.15, 0.2) is 54.9 Å². The van der Waals surface area contributed by atoms with Crippen molar-refractivity contribution in [2.75, 3.05) is 6.54 Å². The first kappa shape index (κ1) is 13.8. The van der Waals surface area contributed by atoms with Crippen LogP contribution in [0.25, 0.3) is 0 Å². The average molecular weight is 254 g/mol. The molecule has 1 aromatic heterocycles. The maximum atomic E-state index is 4.11. The number of nitrogens with zero attached hydrogens (tertiary/aromatic N) is 1. The first-order valence-corrected chi connectivity index (χ1v) is 6.99. The van der Waals surface area contributed by atoms with Gasteiger partial charge in [0, 0.05) is 12.4 Å². The summed E-state index contributed by atoms with van der Waals surface area (Å²) >= 11 is 0. The molecule has 2 heteroatoms. The van der Waals surface area contributed by atoms with E-state index in [2.05, 4.69) is 66.6 Å². The van der Waals surface area contributed by atoms with Crippen LogP contribution in [0.4, 0.5) is 0 Å². The number of nitrogens with one attached hydrogen (secondary N) is 1. The summed E-state index contributed by atoms with van der Waals surface area (Å²) < 4.78 is 0. The van der Waals surface area contributed by atoms with Crippen LogP contribution in [-0.2, 0) is 0 Å². The number of pyridine rings is 1. The van der Waals surface area contributed by atoms with Crippen LogP contribution < -0.4 is 5.32 Å². The van der Waals surface area contributed by atoms with Crippen molar-refractivity contribution in [3.63, 3.8) is 0 Å². The Hall–Kier alpha value is -1.67. The molecule has 0 saturated heterocycles. The van der Waals surface area contributed by atoms with Crippen LogP contribution in [-0.4, -0.2) is 11.5 Å². The highest BCUT2D eigenvalue weighted by molar-refractivity contribution is 5.30. The Morgan fingerprint density at radius 3 is 2.26 bits per heavy atom. The zero-order chi connectivity index (χ0) is 13.5. The van der Waals surface area contributed by atoms with Gasteiger partial charge in [-0.25, -0.2) is 0 Å². The van der Waals surface area contributed by atoms with Crippen LogP contribution >= 0.6 is 0 Å². The molecule has 0 saturated carbocycles. The van der Waals surface area contributed by atoms with Crippen LogP contribution in [0.2, 0.25) is 0 Å². The zero-order valence-electron chi connectivity index (χ0n) is 11.7. The Labute approximate surface area is 115 Å². The number of hydrogen-bond acceptors (Lipinski definition) is 2. The molecule has 2 unspecified atom stereocenters. The number of benzene rings is 1. The highest BCUT2D eigenvalue weighted by Crippen LogP contribution is 2.21. The van der Waals surface area contributed by atoms with Gasteiger partial charge in [-0.1, -0.05) is 50.6 Å². The summed E-state index contributed by atoms with van der Waals surface area (Å²) in [6.07, 6.45) is 4.91. The molecule has 0 bridgehead atoms. The first-order valence-electron chi connectivity index (χ1n) is 6.99. The van der Waals surface area contributed by atoms with E-state index in [-0.39, 0.29) is 6.04 Å². The van der Waals surface area contributed by atoms with Gasteiger partial charge >= 0.3 is 0 Å². The fourth-order valence-corrected chi connectivity index (χ4v) is 2.09. The van der Waals surface area contributed by atoms with E-state index in [9.17, 15) is 0 Å². The fraction of sp³-hybridized carbons (Fsp3) is 0.353. The number of hydrogen-bond donors (Lipinski definition) is 1. The van der Waals surface area contributed by atoms with Gasteiger partial charge in [0.15, 0.2) is 0 Å². The van der Waals surface area contributed by atoms with Crippen molar-refractivity contribution in [1.29, 1.82) is 0 Å². The normalized spacial score (nSPS) is 14.0. The van der Waals surface area contributed by atoms with Crippen LogP contribution in [0.3, 0.4) is 0 Å². The smallest absolute Gasteiger partial charge is 0.0577 e. The molecule has 0 aliphatic rings. The van der Waals surface area contributed by atoms with E-state index in [4.69, 9.17) is 0 Å². The Morgan fingerprint density at radius 1 is 1.00 bits per heavy atom. The third-order valence-corrected chi connectivity index (χ3v) is 3.54. The lowest BCUT2D eigenvalue weighted by Crippen LogP contribution is -2.27. The van der Waals surface area contributed by atoms with E-state index < -0.39 is 0 Å². The van der Waals surface area contributed by atoms with Crippen molar-refractivity contribution in [1.82, 2.24) is 10.3 Å². The van der Waals surface area contributed by atoms with Gasteiger partial charge in [0.1, 0.15) is 0 Å². The van der Waals surface area contributed by atoms with Crippen molar-refractivity contribution >= 4 is 0 Å². The maximum absolute atomic E-state index is 4.11. The molecule has 1 aromatic carbocycles. The van der Waals surface area contributed by atoms with E-state index >= 15 is 0 Å². The molecule has 0 aliphatic carbocycles. The highest BCUT2D eigenvalue weighted by atomic mass is 14.9. The maximum Gasteiger partial charge on any atom is 0.0577 e. The molecular weight excluding hydrogens is 232 g/mol. The highest BCUT2D eigenvalue weighted by Gasteiger charge is 2.13. The Bertz CT molecular complexity index is 428. The summed E-state index contributed by atoms with van der Waals surface area (Å²) in [4.78, 5) is 4.11.